The van der Waals surface area contributed by atoms with Crippen molar-refractivity contribution >= 4 is 14.3 Å². The van der Waals surface area contributed by atoms with Crippen LogP contribution in [0, 0.1) is 0 Å². The van der Waals surface area contributed by atoms with Gasteiger partial charge in [0.05, 0.1) is 0 Å². The van der Waals surface area contributed by atoms with E-state index < -0.39 is 0 Å². The van der Waals surface area contributed by atoms with E-state index in [0.717, 1.165) is 25.8 Å². The van der Waals surface area contributed by atoms with Crippen molar-refractivity contribution in [3.05, 3.63) is 0 Å². The molecule has 3 heteroatoms. The molecule has 1 fully saturated rings. The Morgan fingerprint density at radius 3 is 2.60 bits per heavy atom. The van der Waals surface area contributed by atoms with Crippen LogP contribution in [-0.2, 0) is 4.79 Å². The van der Waals surface area contributed by atoms with Crippen molar-refractivity contribution in [3.8, 4) is 0 Å². The Morgan fingerprint density at radius 2 is 1.90 bits per heavy atom. The first-order valence-corrected chi connectivity index (χ1v) is 3.16. The molecular weight excluding hydrogens is 125 g/mol. The lowest BCUT2D eigenvalue weighted by molar-refractivity contribution is -0.120. The molecule has 57 valence electrons. The second-order valence-corrected chi connectivity index (χ2v) is 2.16. The molecule has 0 aliphatic carbocycles. The fourth-order valence-electron chi connectivity index (χ4n) is 0.904. The Labute approximate surface area is 65.0 Å². The highest BCUT2D eigenvalue weighted by Gasteiger charge is 2.03. The number of amides is 1. The van der Waals surface area contributed by atoms with Crippen molar-refractivity contribution in [2.24, 2.45) is 0 Å². The maximum absolute atomic E-state index is 10.6. The smallest absolute Gasteiger partial charge is 0.219 e. The van der Waals surface area contributed by atoms with Gasteiger partial charge in [0, 0.05) is 21.4 Å². The zero-order valence-electron chi connectivity index (χ0n) is 5.52. The first kappa shape index (κ1) is 12.2. The van der Waals surface area contributed by atoms with Gasteiger partial charge in [-0.2, -0.15) is 0 Å². The fourth-order valence-corrected chi connectivity index (χ4v) is 0.904. The molecule has 0 aromatic carbocycles. The predicted octanol–water partition coefficient (Wildman–Crippen LogP) is 0.932. The van der Waals surface area contributed by atoms with E-state index in [-0.39, 0.29) is 21.7 Å². The first-order chi connectivity index (χ1) is 3.89. The van der Waals surface area contributed by atoms with Crippen molar-refractivity contribution in [3.63, 3.8) is 0 Å². The van der Waals surface area contributed by atoms with Crippen molar-refractivity contribution in [2.75, 3.05) is 6.54 Å². The molecule has 1 aliphatic rings. The van der Waals surface area contributed by atoms with Gasteiger partial charge in [-0.3, -0.25) is 4.79 Å². The van der Waals surface area contributed by atoms with Crippen LogP contribution in [0.4, 0.5) is 0 Å². The Hall–Kier alpha value is -0.465. The molecule has 1 rings (SSSR count). The summed E-state index contributed by atoms with van der Waals surface area (Å²) in [6.07, 6.45) is 4.18. The second kappa shape index (κ2) is 6.65. The van der Waals surface area contributed by atoms with E-state index in [1.54, 1.807) is 0 Å². The number of carbonyl (C=O) groups excluding carboxylic acids is 1. The Morgan fingerprint density at radius 1 is 1.20 bits per heavy atom. The molecule has 0 unspecified atom stereocenters. The van der Waals surface area contributed by atoms with Gasteiger partial charge in [-0.1, -0.05) is 13.8 Å². The molecule has 0 aromatic heterocycles. The summed E-state index contributed by atoms with van der Waals surface area (Å²) < 4.78 is 0. The third-order valence-electron chi connectivity index (χ3n) is 1.40. The molecule has 0 atom stereocenters. The van der Waals surface area contributed by atoms with Crippen LogP contribution < -0.4 is 5.32 Å². The van der Waals surface area contributed by atoms with Gasteiger partial charge in [0.2, 0.25) is 5.91 Å². The second-order valence-electron chi connectivity index (χ2n) is 2.16. The highest BCUT2D eigenvalue weighted by atomic mass is 16.1. The summed E-state index contributed by atoms with van der Waals surface area (Å²) in [6.45, 7) is 0.888. The normalized spacial score (nSPS) is 17.4. The maximum atomic E-state index is 10.6. The van der Waals surface area contributed by atoms with Crippen LogP contribution in [0.5, 0.6) is 0 Å². The van der Waals surface area contributed by atoms with Gasteiger partial charge in [0.15, 0.2) is 0 Å². The lowest BCUT2D eigenvalue weighted by atomic mass is 10.2. The van der Waals surface area contributed by atoms with E-state index in [9.17, 15) is 4.79 Å². The van der Waals surface area contributed by atoms with Crippen LogP contribution in [-0.4, -0.2) is 20.9 Å². The summed E-state index contributed by atoms with van der Waals surface area (Å²) in [5.74, 6) is 0.225. The zero-order chi connectivity index (χ0) is 5.82. The lowest BCUT2D eigenvalue weighted by Crippen LogP contribution is -2.21. The minimum Gasteiger partial charge on any atom is -0.356 e. The summed E-state index contributed by atoms with van der Waals surface area (Å²) >= 11 is 0. The monoisotopic (exact) mass is 140 g/mol. The molecule has 2 nitrogen and oxygen atoms in total. The van der Waals surface area contributed by atoms with Crippen LogP contribution in [0.3, 0.4) is 0 Å². The van der Waals surface area contributed by atoms with E-state index >= 15 is 0 Å². The highest BCUT2D eigenvalue weighted by molar-refractivity contribution is 5.76. The average molecular weight is 140 g/mol. The average Bonchev–Trinajstić information content (AvgIpc) is 1.94. The van der Waals surface area contributed by atoms with Gasteiger partial charge < -0.3 is 5.32 Å². The van der Waals surface area contributed by atoms with Crippen LogP contribution in [0.2, 0.25) is 0 Å². The molecule has 3 radical (unpaired) electrons. The van der Waals surface area contributed by atoms with Crippen LogP contribution in [0.15, 0.2) is 0 Å². The molecule has 1 aliphatic heterocycles. The SMILES string of the molecule is C.O=C1CCCCCN1.[B]. The number of nitrogens with one attached hydrogen (secondary N) is 1. The molecule has 0 bridgehead atoms. The number of carbonyl (C=O) groups is 1. The minimum absolute atomic E-state index is 0. The lowest BCUT2D eigenvalue weighted by Gasteiger charge is -1.93. The van der Waals surface area contributed by atoms with Crippen LogP contribution in [0.25, 0.3) is 0 Å². The Bertz CT molecular complexity index is 85.6. The van der Waals surface area contributed by atoms with E-state index in [4.69, 9.17) is 0 Å². The molecule has 0 spiro atoms. The molecule has 0 aromatic rings. The molecular formula is C7H15BNO. The van der Waals surface area contributed by atoms with Gasteiger partial charge in [-0.05, 0) is 12.8 Å². The summed E-state index contributed by atoms with van der Waals surface area (Å²) in [4.78, 5) is 10.6. The highest BCUT2D eigenvalue weighted by Crippen LogP contribution is 2.02. The van der Waals surface area contributed by atoms with E-state index in [2.05, 4.69) is 5.32 Å². The van der Waals surface area contributed by atoms with E-state index in [1.807, 2.05) is 0 Å². The minimum atomic E-state index is 0. The third kappa shape index (κ3) is 4.42. The van der Waals surface area contributed by atoms with Gasteiger partial charge in [0.1, 0.15) is 0 Å². The summed E-state index contributed by atoms with van der Waals surface area (Å²) in [7, 11) is 0. The molecule has 1 heterocycles. The number of hydrogen-bond acceptors (Lipinski definition) is 1. The standard InChI is InChI=1S/C6H11NO.CH4.B/c8-6-4-2-1-3-5-7-6;;/h1-5H2,(H,7,8);1H4;. The van der Waals surface area contributed by atoms with Crippen LogP contribution >= 0.6 is 0 Å². The molecule has 1 saturated heterocycles. The topological polar surface area (TPSA) is 29.1 Å². The third-order valence-corrected chi connectivity index (χ3v) is 1.40. The quantitative estimate of drug-likeness (QED) is 0.498. The van der Waals surface area contributed by atoms with Gasteiger partial charge >= 0.3 is 0 Å². The van der Waals surface area contributed by atoms with Crippen molar-refractivity contribution < 1.29 is 4.79 Å². The van der Waals surface area contributed by atoms with Gasteiger partial charge in [0.25, 0.3) is 0 Å². The van der Waals surface area contributed by atoms with E-state index in [1.165, 1.54) is 6.42 Å². The van der Waals surface area contributed by atoms with Crippen molar-refractivity contribution in [2.45, 2.75) is 33.1 Å². The fraction of sp³-hybridized carbons (Fsp3) is 0.857. The predicted molar refractivity (Wildman–Crippen MR) is 44.0 cm³/mol. The maximum Gasteiger partial charge on any atom is 0.219 e. The van der Waals surface area contributed by atoms with Gasteiger partial charge in [-0.15, -0.1) is 0 Å². The zero-order valence-corrected chi connectivity index (χ0v) is 5.52. The number of rotatable bonds is 0. The largest absolute Gasteiger partial charge is 0.356 e. The Kier molecular flexibility index (Phi) is 8.14. The van der Waals surface area contributed by atoms with Crippen molar-refractivity contribution in [1.29, 1.82) is 0 Å². The summed E-state index contributed by atoms with van der Waals surface area (Å²) in [5, 5.41) is 2.81. The Balaban J connectivity index is 0. The molecule has 1 amide bonds. The molecule has 1 N–H and O–H groups in total. The van der Waals surface area contributed by atoms with Gasteiger partial charge in [-0.25, -0.2) is 0 Å². The summed E-state index contributed by atoms with van der Waals surface area (Å²) in [6, 6.07) is 0. The van der Waals surface area contributed by atoms with E-state index in [0.29, 0.717) is 0 Å². The summed E-state index contributed by atoms with van der Waals surface area (Å²) in [5.41, 5.74) is 0. The molecule has 10 heavy (non-hydrogen) atoms. The van der Waals surface area contributed by atoms with Crippen LogP contribution in [0.1, 0.15) is 33.1 Å². The number of hydrogen-bond donors (Lipinski definition) is 1. The first-order valence-electron chi connectivity index (χ1n) is 3.16. The molecule has 0 saturated carbocycles. The van der Waals surface area contributed by atoms with Crippen molar-refractivity contribution in [1.82, 2.24) is 5.32 Å².